The molecule has 96 valence electrons. The minimum Gasteiger partial charge on any atom is -1.00 e. The van der Waals surface area contributed by atoms with Gasteiger partial charge in [0, 0.05) is 17.0 Å². The van der Waals surface area contributed by atoms with E-state index < -0.39 is 0 Å². The van der Waals surface area contributed by atoms with E-state index in [-0.39, 0.29) is 45.8 Å². The van der Waals surface area contributed by atoms with Gasteiger partial charge < -0.3 is 24.7 Å². The molecule has 3 rings (SSSR count). The van der Waals surface area contributed by atoms with Crippen LogP contribution < -0.4 is 12.4 Å². The van der Waals surface area contributed by atoms with E-state index >= 15 is 0 Å². The number of pyridine rings is 1. The summed E-state index contributed by atoms with van der Waals surface area (Å²) in [4.78, 5) is 4.41. The summed E-state index contributed by atoms with van der Waals surface area (Å²) >= 11 is 0. The summed E-state index contributed by atoms with van der Waals surface area (Å²) in [5, 5.41) is 3.70. The minimum absolute atomic E-state index is 0. The Kier molecular flexibility index (Phi) is 8.78. The molecule has 3 aromatic rings. The summed E-state index contributed by atoms with van der Waals surface area (Å²) in [5.74, 6) is 0. The number of fused-ring (bicyclic) bond motifs is 3. The number of benzene rings is 2. The zero-order chi connectivity index (χ0) is 9.38. The second-order valence-electron chi connectivity index (χ2n) is 3.36. The Balaban J connectivity index is 0. The fourth-order valence-electron chi connectivity index (χ4n) is 1.81. The summed E-state index contributed by atoms with van der Waals surface area (Å²) < 4.78 is 0. The van der Waals surface area contributed by atoms with Gasteiger partial charge in [-0.3, -0.25) is 4.98 Å². The van der Waals surface area contributed by atoms with Gasteiger partial charge in [-0.25, -0.2) is 0 Å². The summed E-state index contributed by atoms with van der Waals surface area (Å²) in [6.45, 7) is 0. The fourth-order valence-corrected chi connectivity index (χ4v) is 1.81. The Morgan fingerprint density at radius 2 is 1.28 bits per heavy atom. The first-order chi connectivity index (χ1) is 6.95. The van der Waals surface area contributed by atoms with Crippen LogP contribution in [0.15, 0.2) is 54.7 Å². The van der Waals surface area contributed by atoms with Gasteiger partial charge in [0.15, 0.2) is 0 Å². The Bertz CT molecular complexity index is 561. The van der Waals surface area contributed by atoms with Crippen LogP contribution in [0, 0.1) is 0 Å². The average Bonchev–Trinajstić information content (AvgIpc) is 2.29. The molecule has 18 heavy (non-hydrogen) atoms. The van der Waals surface area contributed by atoms with Crippen molar-refractivity contribution >= 4 is 21.7 Å². The number of halogens is 1. The van der Waals surface area contributed by atoms with Crippen LogP contribution in [-0.2, 0) is 21.1 Å². The van der Waals surface area contributed by atoms with E-state index in [1.807, 2.05) is 24.4 Å². The molecule has 4 N–H and O–H groups in total. The molecule has 0 saturated heterocycles. The summed E-state index contributed by atoms with van der Waals surface area (Å²) in [7, 11) is 0. The maximum atomic E-state index is 4.41. The first-order valence-electron chi connectivity index (χ1n) is 4.68. The molecule has 0 spiro atoms. The van der Waals surface area contributed by atoms with E-state index in [1.165, 1.54) is 16.2 Å². The maximum Gasteiger partial charge on any atom is 4.00 e. The molecule has 2 aromatic carbocycles. The molecule has 0 fully saturated rings. The first kappa shape index (κ1) is 19.4. The molecular weight excluding hydrogens is 429 g/mol. The van der Waals surface area contributed by atoms with Crippen molar-refractivity contribution in [3.8, 4) is 0 Å². The van der Waals surface area contributed by atoms with Gasteiger partial charge in [0.1, 0.15) is 0 Å². The van der Waals surface area contributed by atoms with Crippen molar-refractivity contribution in [2.75, 3.05) is 0 Å². The van der Waals surface area contributed by atoms with Gasteiger partial charge in [-0.15, -0.1) is 0 Å². The predicted molar refractivity (Wildman–Crippen MR) is 69.8 cm³/mol. The molecule has 3 nitrogen and oxygen atoms in total. The standard InChI is InChI=1S/C13H9N.ClH.2H2N.Pt/c1-2-6-11-10(5-1)9-14-13-8-4-3-7-12(11)13;;;;/h1-9H;1H;2*1H2;/q;;2*-1;+4/p-1. The van der Waals surface area contributed by atoms with Crippen LogP contribution >= 0.6 is 0 Å². The van der Waals surface area contributed by atoms with Crippen molar-refractivity contribution in [1.29, 1.82) is 0 Å². The van der Waals surface area contributed by atoms with Crippen LogP contribution in [0.4, 0.5) is 0 Å². The van der Waals surface area contributed by atoms with Gasteiger partial charge in [-0.05, 0) is 11.5 Å². The first-order valence-corrected chi connectivity index (χ1v) is 4.68. The van der Waals surface area contributed by atoms with Crippen molar-refractivity contribution in [2.24, 2.45) is 0 Å². The molecule has 1 aromatic heterocycles. The molecule has 5 heteroatoms. The van der Waals surface area contributed by atoms with Crippen LogP contribution in [-0.4, -0.2) is 4.98 Å². The molecule has 1 heterocycles. The molecule has 0 amide bonds. The second kappa shape index (κ2) is 8.17. The zero-order valence-corrected chi connectivity index (χ0v) is 12.5. The molecule has 0 atom stereocenters. The zero-order valence-electron chi connectivity index (χ0n) is 9.49. The van der Waals surface area contributed by atoms with Gasteiger partial charge in [-0.2, -0.15) is 0 Å². The number of nitrogens with two attached hydrogens (primary N) is 2. The largest absolute Gasteiger partial charge is 4.00 e. The van der Waals surface area contributed by atoms with E-state index in [0.717, 1.165) is 5.52 Å². The van der Waals surface area contributed by atoms with Crippen LogP contribution in [0.5, 0.6) is 0 Å². The summed E-state index contributed by atoms with van der Waals surface area (Å²) in [6.07, 6.45) is 1.93. The van der Waals surface area contributed by atoms with E-state index in [4.69, 9.17) is 0 Å². The number of hydrogen-bond donors (Lipinski definition) is 0. The van der Waals surface area contributed by atoms with Crippen molar-refractivity contribution in [1.82, 2.24) is 4.98 Å². The van der Waals surface area contributed by atoms with Crippen molar-refractivity contribution in [3.05, 3.63) is 67.0 Å². The van der Waals surface area contributed by atoms with E-state index in [9.17, 15) is 0 Å². The summed E-state index contributed by atoms with van der Waals surface area (Å²) in [6, 6.07) is 16.6. The normalized spacial score (nSPS) is 8.44. The van der Waals surface area contributed by atoms with E-state index in [1.54, 1.807) is 0 Å². The third-order valence-electron chi connectivity index (χ3n) is 2.50. The van der Waals surface area contributed by atoms with E-state index in [0.29, 0.717) is 0 Å². The average molecular weight is 442 g/mol. The molecule has 0 bridgehead atoms. The van der Waals surface area contributed by atoms with Crippen LogP contribution in [0.25, 0.3) is 34.0 Å². The Labute approximate surface area is 127 Å². The number of rotatable bonds is 0. The number of aromatic nitrogens is 1. The van der Waals surface area contributed by atoms with Gasteiger partial charge >= 0.3 is 21.1 Å². The maximum absolute atomic E-state index is 4.41. The third kappa shape index (κ3) is 3.27. The molecule has 0 aliphatic rings. The van der Waals surface area contributed by atoms with E-state index in [2.05, 4.69) is 35.3 Å². The van der Waals surface area contributed by atoms with Crippen molar-refractivity contribution < 1.29 is 33.5 Å². The molecule has 0 unspecified atom stereocenters. The smallest absolute Gasteiger partial charge is 1.00 e. The topological polar surface area (TPSA) is 79.9 Å². The van der Waals surface area contributed by atoms with Gasteiger partial charge in [-0.1, -0.05) is 42.5 Å². The number of hydrogen-bond acceptors (Lipinski definition) is 1. The van der Waals surface area contributed by atoms with Gasteiger partial charge in [0.25, 0.3) is 0 Å². The number of para-hydroxylation sites is 1. The summed E-state index contributed by atoms with van der Waals surface area (Å²) in [5.41, 5.74) is 1.06. The van der Waals surface area contributed by atoms with Gasteiger partial charge in [0.2, 0.25) is 0 Å². The van der Waals surface area contributed by atoms with Crippen LogP contribution in [0.3, 0.4) is 0 Å². The fraction of sp³-hybridized carbons (Fsp3) is 0. The number of nitrogens with zero attached hydrogens (tertiary/aromatic N) is 1. The van der Waals surface area contributed by atoms with Crippen molar-refractivity contribution in [3.63, 3.8) is 0 Å². The van der Waals surface area contributed by atoms with Crippen LogP contribution in [0.1, 0.15) is 0 Å². The third-order valence-corrected chi connectivity index (χ3v) is 2.50. The minimum atomic E-state index is 0. The molecular formula is C13H13ClN3Pt+. The Morgan fingerprint density at radius 1 is 0.722 bits per heavy atom. The molecule has 0 aliphatic heterocycles. The van der Waals surface area contributed by atoms with Gasteiger partial charge in [0.05, 0.1) is 5.52 Å². The Hall–Kier alpha value is -0.992. The van der Waals surface area contributed by atoms with Crippen LogP contribution in [0.2, 0.25) is 0 Å². The monoisotopic (exact) mass is 441 g/mol. The SMILES string of the molecule is [Cl-].[NH2-].[NH2-].[Pt+4].c1ccc2c(c1)cnc1ccccc12. The van der Waals surface area contributed by atoms with Crippen molar-refractivity contribution in [2.45, 2.75) is 0 Å². The second-order valence-corrected chi connectivity index (χ2v) is 3.36. The molecule has 0 radical (unpaired) electrons. The quantitative estimate of drug-likeness (QED) is 0.490. The molecule has 0 aliphatic carbocycles. The Morgan fingerprint density at radius 3 is 2.00 bits per heavy atom. The predicted octanol–water partition coefficient (Wildman–Crippen LogP) is 1.82. The molecule has 0 saturated carbocycles.